The molecule has 0 radical (unpaired) electrons. The lowest BCUT2D eigenvalue weighted by atomic mass is 10.1. The molecular formula is C16H20ClN3O2S. The number of halogens is 1. The lowest BCUT2D eigenvalue weighted by Gasteiger charge is -2.13. The molecule has 2 N–H and O–H groups in total. The van der Waals surface area contributed by atoms with Crippen molar-refractivity contribution in [2.24, 2.45) is 0 Å². The standard InChI is InChI=1S/C16H20ClN3O2S/c1-4-7-23(21,22)20-15-6-5-13(10-18-15)19-16-12(3)8-11(2)9-14(16)17/h5-6,8-10,19H,4,7H2,1-3H3,(H,18,20). The molecule has 2 aromatic rings. The Morgan fingerprint density at radius 3 is 2.52 bits per heavy atom. The highest BCUT2D eigenvalue weighted by Crippen LogP contribution is 2.30. The molecule has 0 spiro atoms. The van der Waals surface area contributed by atoms with Crippen LogP contribution in [-0.4, -0.2) is 19.2 Å². The summed E-state index contributed by atoms with van der Waals surface area (Å²) in [4.78, 5) is 4.12. The van der Waals surface area contributed by atoms with Crippen LogP contribution < -0.4 is 10.0 Å². The Hall–Kier alpha value is -1.79. The van der Waals surface area contributed by atoms with Gasteiger partial charge in [0.2, 0.25) is 10.0 Å². The van der Waals surface area contributed by atoms with Gasteiger partial charge in [0.15, 0.2) is 0 Å². The maximum Gasteiger partial charge on any atom is 0.233 e. The van der Waals surface area contributed by atoms with Gasteiger partial charge in [0, 0.05) is 0 Å². The number of sulfonamides is 1. The van der Waals surface area contributed by atoms with Crippen molar-refractivity contribution in [2.75, 3.05) is 15.8 Å². The van der Waals surface area contributed by atoms with Gasteiger partial charge in [0.25, 0.3) is 0 Å². The van der Waals surface area contributed by atoms with Gasteiger partial charge in [-0.3, -0.25) is 4.72 Å². The molecule has 0 atom stereocenters. The number of hydrogen-bond donors (Lipinski definition) is 2. The quantitative estimate of drug-likeness (QED) is 0.814. The van der Waals surface area contributed by atoms with Gasteiger partial charge in [-0.25, -0.2) is 13.4 Å². The Bertz CT molecular complexity index is 766. The first-order chi connectivity index (χ1) is 10.8. The monoisotopic (exact) mass is 353 g/mol. The average Bonchev–Trinajstić information content (AvgIpc) is 2.44. The molecule has 2 rings (SSSR count). The molecular weight excluding hydrogens is 334 g/mol. The van der Waals surface area contributed by atoms with Crippen LogP contribution in [-0.2, 0) is 10.0 Å². The van der Waals surface area contributed by atoms with Crippen LogP contribution in [0.3, 0.4) is 0 Å². The zero-order valence-electron chi connectivity index (χ0n) is 13.4. The largest absolute Gasteiger partial charge is 0.353 e. The fourth-order valence-corrected chi connectivity index (χ4v) is 3.67. The Kier molecular flexibility index (Phi) is 5.49. The molecule has 0 aliphatic heterocycles. The third-order valence-electron chi connectivity index (χ3n) is 3.20. The lowest BCUT2D eigenvalue weighted by Crippen LogP contribution is -2.16. The molecule has 124 valence electrons. The molecule has 1 heterocycles. The first-order valence-corrected chi connectivity index (χ1v) is 9.34. The van der Waals surface area contributed by atoms with Gasteiger partial charge in [-0.05, 0) is 49.6 Å². The topological polar surface area (TPSA) is 71.1 Å². The molecule has 23 heavy (non-hydrogen) atoms. The number of rotatable bonds is 6. The molecule has 0 bridgehead atoms. The number of hydrogen-bond acceptors (Lipinski definition) is 4. The van der Waals surface area contributed by atoms with Gasteiger partial charge in [0.1, 0.15) is 5.82 Å². The normalized spacial score (nSPS) is 11.3. The second kappa shape index (κ2) is 7.19. The molecule has 0 unspecified atom stereocenters. The van der Waals surface area contributed by atoms with E-state index in [0.29, 0.717) is 17.3 Å². The predicted molar refractivity (Wildman–Crippen MR) is 96.1 cm³/mol. The highest BCUT2D eigenvalue weighted by atomic mass is 35.5. The minimum atomic E-state index is -3.33. The van der Waals surface area contributed by atoms with Gasteiger partial charge < -0.3 is 5.32 Å². The summed E-state index contributed by atoms with van der Waals surface area (Å²) in [6.45, 7) is 5.77. The number of aromatic nitrogens is 1. The van der Waals surface area contributed by atoms with Crippen molar-refractivity contribution in [2.45, 2.75) is 27.2 Å². The third kappa shape index (κ3) is 4.84. The SMILES string of the molecule is CCCS(=O)(=O)Nc1ccc(Nc2c(C)cc(C)cc2Cl)cn1. The van der Waals surface area contributed by atoms with Gasteiger partial charge in [0.05, 0.1) is 28.3 Å². The summed E-state index contributed by atoms with van der Waals surface area (Å²) in [5.74, 6) is 0.378. The lowest BCUT2D eigenvalue weighted by molar-refractivity contribution is 0.599. The maximum absolute atomic E-state index is 11.7. The Morgan fingerprint density at radius 2 is 1.96 bits per heavy atom. The van der Waals surface area contributed by atoms with E-state index in [9.17, 15) is 8.42 Å². The Balaban J connectivity index is 2.15. The van der Waals surface area contributed by atoms with Crippen LogP contribution in [0.2, 0.25) is 5.02 Å². The van der Waals surface area contributed by atoms with Crippen LogP contribution in [0.4, 0.5) is 17.2 Å². The number of nitrogens with one attached hydrogen (secondary N) is 2. The van der Waals surface area contributed by atoms with Gasteiger partial charge in [-0.15, -0.1) is 0 Å². The molecule has 0 saturated heterocycles. The third-order valence-corrected chi connectivity index (χ3v) is 4.96. The summed E-state index contributed by atoms with van der Waals surface area (Å²) in [5, 5.41) is 3.85. The summed E-state index contributed by atoms with van der Waals surface area (Å²) in [6, 6.07) is 7.30. The van der Waals surface area contributed by atoms with E-state index in [1.54, 1.807) is 18.3 Å². The smallest absolute Gasteiger partial charge is 0.233 e. The molecule has 0 aliphatic rings. The first kappa shape index (κ1) is 17.6. The second-order valence-electron chi connectivity index (χ2n) is 5.42. The van der Waals surface area contributed by atoms with E-state index in [1.165, 1.54) is 0 Å². The molecule has 0 saturated carbocycles. The minimum absolute atomic E-state index is 0.0762. The fourth-order valence-electron chi connectivity index (χ4n) is 2.23. The Labute approximate surface area is 142 Å². The van der Waals surface area contributed by atoms with Crippen molar-refractivity contribution in [1.82, 2.24) is 4.98 Å². The number of pyridine rings is 1. The molecule has 1 aromatic carbocycles. The molecule has 0 fully saturated rings. The highest BCUT2D eigenvalue weighted by Gasteiger charge is 2.10. The predicted octanol–water partition coefficient (Wildman–Crippen LogP) is 4.25. The van der Waals surface area contributed by atoms with Crippen LogP contribution in [0, 0.1) is 13.8 Å². The van der Waals surface area contributed by atoms with E-state index in [4.69, 9.17) is 11.6 Å². The second-order valence-corrected chi connectivity index (χ2v) is 7.67. The Morgan fingerprint density at radius 1 is 1.22 bits per heavy atom. The first-order valence-electron chi connectivity index (χ1n) is 7.31. The van der Waals surface area contributed by atoms with Gasteiger partial charge in [-0.2, -0.15) is 0 Å². The highest BCUT2D eigenvalue weighted by molar-refractivity contribution is 7.92. The van der Waals surface area contributed by atoms with Gasteiger partial charge >= 0.3 is 0 Å². The zero-order chi connectivity index (χ0) is 17.0. The summed E-state index contributed by atoms with van der Waals surface area (Å²) in [7, 11) is -3.33. The van der Waals surface area contributed by atoms with Crippen LogP contribution in [0.15, 0.2) is 30.5 Å². The van der Waals surface area contributed by atoms with Crippen molar-refractivity contribution in [1.29, 1.82) is 0 Å². The maximum atomic E-state index is 11.7. The summed E-state index contributed by atoms with van der Waals surface area (Å²) in [5.41, 5.74) is 3.68. The molecule has 1 aromatic heterocycles. The van der Waals surface area contributed by atoms with Crippen LogP contribution in [0.25, 0.3) is 0 Å². The van der Waals surface area contributed by atoms with E-state index in [0.717, 1.165) is 22.5 Å². The number of aryl methyl sites for hydroxylation is 2. The summed E-state index contributed by atoms with van der Waals surface area (Å²) >= 11 is 6.26. The summed E-state index contributed by atoms with van der Waals surface area (Å²) < 4.78 is 25.9. The van der Waals surface area contributed by atoms with E-state index in [-0.39, 0.29) is 5.75 Å². The van der Waals surface area contributed by atoms with Crippen molar-refractivity contribution >= 4 is 38.8 Å². The minimum Gasteiger partial charge on any atom is -0.353 e. The fraction of sp³-hybridized carbons (Fsp3) is 0.312. The number of nitrogens with zero attached hydrogens (tertiary/aromatic N) is 1. The number of benzene rings is 1. The molecule has 0 aliphatic carbocycles. The summed E-state index contributed by atoms with van der Waals surface area (Å²) in [6.07, 6.45) is 2.12. The van der Waals surface area contributed by atoms with E-state index in [1.807, 2.05) is 32.9 Å². The number of anilines is 3. The van der Waals surface area contributed by atoms with Crippen molar-refractivity contribution in [3.8, 4) is 0 Å². The zero-order valence-corrected chi connectivity index (χ0v) is 14.9. The van der Waals surface area contributed by atoms with E-state index in [2.05, 4.69) is 15.0 Å². The van der Waals surface area contributed by atoms with E-state index >= 15 is 0 Å². The van der Waals surface area contributed by atoms with Crippen LogP contribution in [0.5, 0.6) is 0 Å². The van der Waals surface area contributed by atoms with Crippen molar-refractivity contribution < 1.29 is 8.42 Å². The van der Waals surface area contributed by atoms with Crippen molar-refractivity contribution in [3.05, 3.63) is 46.6 Å². The van der Waals surface area contributed by atoms with Gasteiger partial charge in [-0.1, -0.05) is 24.6 Å². The molecule has 0 amide bonds. The molecule has 7 heteroatoms. The average molecular weight is 354 g/mol. The van der Waals surface area contributed by atoms with Crippen molar-refractivity contribution in [3.63, 3.8) is 0 Å². The van der Waals surface area contributed by atoms with Crippen LogP contribution >= 0.6 is 11.6 Å². The van der Waals surface area contributed by atoms with E-state index < -0.39 is 10.0 Å². The van der Waals surface area contributed by atoms with Crippen LogP contribution in [0.1, 0.15) is 24.5 Å². The molecule has 5 nitrogen and oxygen atoms in total.